The first-order chi connectivity index (χ1) is 11.9. The second-order valence-electron chi connectivity index (χ2n) is 5.33. The molecule has 2 amide bonds. The van der Waals surface area contributed by atoms with E-state index in [1.54, 1.807) is 0 Å². The highest BCUT2D eigenvalue weighted by molar-refractivity contribution is 6.00. The third-order valence-electron chi connectivity index (χ3n) is 3.58. The van der Waals surface area contributed by atoms with Crippen molar-refractivity contribution in [1.29, 1.82) is 0 Å². The van der Waals surface area contributed by atoms with Gasteiger partial charge in [-0.05, 0) is 18.2 Å². The second-order valence-corrected chi connectivity index (χ2v) is 5.33. The maximum Gasteiger partial charge on any atom is 0.337 e. The number of piperazine rings is 1. The lowest BCUT2D eigenvalue weighted by molar-refractivity contribution is -0.127. The Morgan fingerprint density at radius 3 is 2.20 bits per heavy atom. The molecule has 0 saturated carbocycles. The number of rotatable bonds is 5. The predicted octanol–water partition coefficient (Wildman–Crippen LogP) is -0.324. The number of methoxy groups -OCH3 is 2. The lowest BCUT2D eigenvalue weighted by atomic mass is 10.1. The van der Waals surface area contributed by atoms with Crippen LogP contribution in [0.15, 0.2) is 18.2 Å². The summed E-state index contributed by atoms with van der Waals surface area (Å²) in [6.07, 6.45) is -0.0815. The van der Waals surface area contributed by atoms with Crippen molar-refractivity contribution >= 4 is 29.4 Å². The molecule has 0 spiro atoms. The normalized spacial score (nSPS) is 16.6. The number of amides is 2. The van der Waals surface area contributed by atoms with E-state index in [9.17, 15) is 19.2 Å². The van der Waals surface area contributed by atoms with Crippen molar-refractivity contribution in [3.05, 3.63) is 29.3 Å². The van der Waals surface area contributed by atoms with Gasteiger partial charge in [0.25, 0.3) is 0 Å². The maximum absolute atomic E-state index is 12.2. The Morgan fingerprint density at radius 1 is 1.08 bits per heavy atom. The number of benzene rings is 1. The van der Waals surface area contributed by atoms with Crippen LogP contribution in [0.5, 0.6) is 0 Å². The zero-order chi connectivity index (χ0) is 18.4. The van der Waals surface area contributed by atoms with Crippen molar-refractivity contribution in [3.63, 3.8) is 0 Å². The highest BCUT2D eigenvalue weighted by Crippen LogP contribution is 2.17. The molecule has 1 fully saturated rings. The zero-order valence-corrected chi connectivity index (χ0v) is 13.9. The van der Waals surface area contributed by atoms with Crippen LogP contribution in [0.1, 0.15) is 27.1 Å². The lowest BCUT2D eigenvalue weighted by Crippen LogP contribution is -2.53. The first kappa shape index (κ1) is 18.4. The quantitative estimate of drug-likeness (QED) is 0.622. The van der Waals surface area contributed by atoms with Crippen LogP contribution in [0.4, 0.5) is 5.69 Å². The molecule has 0 aromatic heterocycles. The Labute approximate surface area is 144 Å². The molecule has 2 rings (SSSR count). The zero-order valence-electron chi connectivity index (χ0n) is 13.9. The molecular formula is C16H19N3O6. The number of hydrogen-bond donors (Lipinski definition) is 3. The first-order valence-corrected chi connectivity index (χ1v) is 7.57. The van der Waals surface area contributed by atoms with Crippen molar-refractivity contribution in [2.24, 2.45) is 0 Å². The van der Waals surface area contributed by atoms with E-state index >= 15 is 0 Å². The molecule has 3 N–H and O–H groups in total. The van der Waals surface area contributed by atoms with Crippen LogP contribution in [-0.2, 0) is 19.1 Å². The summed E-state index contributed by atoms with van der Waals surface area (Å²) in [4.78, 5) is 47.3. The highest BCUT2D eigenvalue weighted by Gasteiger charge is 2.24. The number of ether oxygens (including phenoxy) is 2. The standard InChI is InChI=1S/C16H19N3O6/c1-24-15(22)9-5-10(16(23)25-2)7-11(6-9)19-13(20)8-12-14(21)18-4-3-17-12/h5-7,12,17H,3-4,8H2,1-2H3,(H,18,21)(H,19,20)/t12-/m1/s1. The van der Waals surface area contributed by atoms with Crippen LogP contribution in [0.25, 0.3) is 0 Å². The third kappa shape index (κ3) is 4.77. The Bertz CT molecular complexity index is 669. The van der Waals surface area contributed by atoms with Gasteiger partial charge in [0.1, 0.15) is 0 Å². The number of carbonyl (C=O) groups is 4. The van der Waals surface area contributed by atoms with Gasteiger partial charge in [-0.3, -0.25) is 9.59 Å². The largest absolute Gasteiger partial charge is 0.465 e. The molecule has 0 bridgehead atoms. The second kappa shape index (κ2) is 8.25. The molecule has 1 saturated heterocycles. The summed E-state index contributed by atoms with van der Waals surface area (Å²) in [7, 11) is 2.41. The van der Waals surface area contributed by atoms with Crippen LogP contribution in [-0.4, -0.2) is 57.1 Å². The Kier molecular flexibility index (Phi) is 6.07. The van der Waals surface area contributed by atoms with E-state index < -0.39 is 23.9 Å². The molecular weight excluding hydrogens is 330 g/mol. The van der Waals surface area contributed by atoms with Crippen LogP contribution >= 0.6 is 0 Å². The Morgan fingerprint density at radius 2 is 1.68 bits per heavy atom. The van der Waals surface area contributed by atoms with E-state index in [1.165, 1.54) is 32.4 Å². The molecule has 1 aromatic carbocycles. The molecule has 9 heteroatoms. The average Bonchev–Trinajstić information content (AvgIpc) is 2.61. The van der Waals surface area contributed by atoms with Gasteiger partial charge in [-0.15, -0.1) is 0 Å². The Balaban J connectivity index is 2.16. The molecule has 1 heterocycles. The number of carbonyl (C=O) groups excluding carboxylic acids is 4. The monoisotopic (exact) mass is 349 g/mol. The summed E-state index contributed by atoms with van der Waals surface area (Å²) in [5.41, 5.74) is 0.410. The minimum absolute atomic E-state index is 0.0815. The molecule has 9 nitrogen and oxygen atoms in total. The fourth-order valence-corrected chi connectivity index (χ4v) is 2.38. The predicted molar refractivity (Wildman–Crippen MR) is 87.2 cm³/mol. The van der Waals surface area contributed by atoms with Crippen molar-refractivity contribution in [3.8, 4) is 0 Å². The molecule has 0 unspecified atom stereocenters. The SMILES string of the molecule is COC(=O)c1cc(NC(=O)C[C@H]2NCCNC2=O)cc(C(=O)OC)c1. The molecule has 0 radical (unpaired) electrons. The Hall–Kier alpha value is -2.94. The van der Waals surface area contributed by atoms with Gasteiger partial charge in [0.15, 0.2) is 0 Å². The van der Waals surface area contributed by atoms with Crippen molar-refractivity contribution < 1.29 is 28.7 Å². The molecule has 134 valence electrons. The van der Waals surface area contributed by atoms with Crippen LogP contribution in [0.3, 0.4) is 0 Å². The van der Waals surface area contributed by atoms with Crippen LogP contribution in [0, 0.1) is 0 Å². The minimum Gasteiger partial charge on any atom is -0.465 e. The lowest BCUT2D eigenvalue weighted by Gasteiger charge is -2.23. The fourth-order valence-electron chi connectivity index (χ4n) is 2.38. The highest BCUT2D eigenvalue weighted by atomic mass is 16.5. The van der Waals surface area contributed by atoms with Gasteiger partial charge in [0.05, 0.1) is 37.8 Å². The topological polar surface area (TPSA) is 123 Å². The summed E-state index contributed by atoms with van der Waals surface area (Å²) in [6.45, 7) is 1.09. The molecule has 25 heavy (non-hydrogen) atoms. The van der Waals surface area contributed by atoms with E-state index in [0.29, 0.717) is 13.1 Å². The molecule has 1 aromatic rings. The molecule has 0 aliphatic carbocycles. The summed E-state index contributed by atoms with van der Waals surface area (Å²) in [6, 6.07) is 3.44. The summed E-state index contributed by atoms with van der Waals surface area (Å²) in [5.74, 6) is -2.00. The molecule has 1 aliphatic heterocycles. The van der Waals surface area contributed by atoms with Gasteiger partial charge in [-0.2, -0.15) is 0 Å². The smallest absolute Gasteiger partial charge is 0.337 e. The van der Waals surface area contributed by atoms with E-state index in [2.05, 4.69) is 25.4 Å². The van der Waals surface area contributed by atoms with E-state index in [4.69, 9.17) is 0 Å². The number of nitrogens with one attached hydrogen (secondary N) is 3. The summed E-state index contributed by atoms with van der Waals surface area (Å²) in [5, 5.41) is 8.18. The summed E-state index contributed by atoms with van der Waals surface area (Å²) < 4.78 is 9.27. The van der Waals surface area contributed by atoms with Crippen molar-refractivity contribution in [2.75, 3.05) is 32.6 Å². The maximum atomic E-state index is 12.2. The van der Waals surface area contributed by atoms with Crippen molar-refractivity contribution in [2.45, 2.75) is 12.5 Å². The fraction of sp³-hybridized carbons (Fsp3) is 0.375. The first-order valence-electron chi connectivity index (χ1n) is 7.57. The number of hydrogen-bond acceptors (Lipinski definition) is 7. The van der Waals surface area contributed by atoms with Gasteiger partial charge < -0.3 is 25.4 Å². The number of anilines is 1. The van der Waals surface area contributed by atoms with E-state index in [1.807, 2.05) is 0 Å². The van der Waals surface area contributed by atoms with Gasteiger partial charge in [0.2, 0.25) is 11.8 Å². The van der Waals surface area contributed by atoms with Crippen molar-refractivity contribution in [1.82, 2.24) is 10.6 Å². The van der Waals surface area contributed by atoms with Gasteiger partial charge in [-0.25, -0.2) is 9.59 Å². The number of esters is 2. The van der Waals surface area contributed by atoms with E-state index in [0.717, 1.165) is 0 Å². The van der Waals surface area contributed by atoms with Crippen LogP contribution < -0.4 is 16.0 Å². The van der Waals surface area contributed by atoms with E-state index in [-0.39, 0.29) is 29.1 Å². The molecule has 1 atom stereocenters. The third-order valence-corrected chi connectivity index (χ3v) is 3.58. The summed E-state index contributed by atoms with van der Waals surface area (Å²) >= 11 is 0. The average molecular weight is 349 g/mol. The molecule has 1 aliphatic rings. The minimum atomic E-state index is -0.658. The van der Waals surface area contributed by atoms with Gasteiger partial charge >= 0.3 is 11.9 Å². The van der Waals surface area contributed by atoms with Gasteiger partial charge in [0, 0.05) is 18.8 Å². The van der Waals surface area contributed by atoms with Gasteiger partial charge in [-0.1, -0.05) is 0 Å². The van der Waals surface area contributed by atoms with Crippen LogP contribution in [0.2, 0.25) is 0 Å².